The summed E-state index contributed by atoms with van der Waals surface area (Å²) in [6.45, 7) is 3.30. The van der Waals surface area contributed by atoms with Crippen molar-refractivity contribution in [3.05, 3.63) is 102 Å². The molecule has 0 aliphatic carbocycles. The number of H-pyrrole nitrogens is 1. The number of imidazole rings is 1. The number of aliphatic imine (C=N–C) groups is 1. The van der Waals surface area contributed by atoms with E-state index in [9.17, 15) is 4.79 Å². The average molecular weight is 476 g/mol. The number of aromatic nitrogens is 2. The van der Waals surface area contributed by atoms with Crippen molar-refractivity contribution in [1.29, 1.82) is 0 Å². The van der Waals surface area contributed by atoms with E-state index in [1.54, 1.807) is 12.5 Å². The van der Waals surface area contributed by atoms with Crippen LogP contribution in [0.4, 0.5) is 11.4 Å². The molecule has 4 aromatic rings. The fourth-order valence-corrected chi connectivity index (χ4v) is 5.20. The SMILES string of the molecule is O=C1Nc2ccccc2C1C(=Nc1ccc(-c2cnc[nH]2)cc1)c1ccc(CN2CCCCC2)cc1. The number of benzene rings is 3. The molecule has 3 heterocycles. The third-order valence-electron chi connectivity index (χ3n) is 7.10. The van der Waals surface area contributed by atoms with Crippen LogP contribution in [-0.4, -0.2) is 39.6 Å². The Morgan fingerprint density at radius 1 is 0.944 bits per heavy atom. The summed E-state index contributed by atoms with van der Waals surface area (Å²) in [6, 6.07) is 24.5. The Balaban J connectivity index is 1.35. The molecule has 0 spiro atoms. The molecular weight excluding hydrogens is 446 g/mol. The van der Waals surface area contributed by atoms with Gasteiger partial charge in [-0.3, -0.25) is 14.7 Å². The van der Waals surface area contributed by atoms with Gasteiger partial charge in [-0.05, 0) is 66.4 Å². The predicted octanol–water partition coefficient (Wildman–Crippen LogP) is 5.92. The summed E-state index contributed by atoms with van der Waals surface area (Å²) in [6.07, 6.45) is 7.37. The highest BCUT2D eigenvalue weighted by atomic mass is 16.2. The van der Waals surface area contributed by atoms with E-state index in [2.05, 4.69) is 44.5 Å². The van der Waals surface area contributed by atoms with Crippen molar-refractivity contribution in [3.8, 4) is 11.3 Å². The standard InChI is InChI=1S/C30H29N5O/c36-30-28(25-6-2-3-7-26(25)34-30)29(33-24-14-12-22(13-15-24)27-18-31-20-32-27)23-10-8-21(9-11-23)19-35-16-4-1-5-17-35/h2-3,6-15,18,20,28H,1,4-5,16-17,19H2,(H,31,32)(H,34,36). The highest BCUT2D eigenvalue weighted by Gasteiger charge is 2.35. The summed E-state index contributed by atoms with van der Waals surface area (Å²) in [5.74, 6) is -0.497. The fraction of sp³-hybridized carbons (Fsp3) is 0.233. The number of hydrogen-bond acceptors (Lipinski definition) is 4. The van der Waals surface area contributed by atoms with Gasteiger partial charge in [-0.2, -0.15) is 0 Å². The van der Waals surface area contributed by atoms with Crippen LogP contribution in [0.25, 0.3) is 11.3 Å². The van der Waals surface area contributed by atoms with Gasteiger partial charge < -0.3 is 10.3 Å². The molecule has 1 unspecified atom stereocenters. The summed E-state index contributed by atoms with van der Waals surface area (Å²) in [5.41, 5.74) is 7.65. The molecule has 180 valence electrons. The number of hydrogen-bond donors (Lipinski definition) is 2. The zero-order chi connectivity index (χ0) is 24.3. The van der Waals surface area contributed by atoms with Gasteiger partial charge in [-0.25, -0.2) is 4.98 Å². The number of rotatable bonds is 6. The number of carbonyl (C=O) groups is 1. The van der Waals surface area contributed by atoms with Gasteiger partial charge in [0.1, 0.15) is 5.92 Å². The second-order valence-corrected chi connectivity index (χ2v) is 9.55. The van der Waals surface area contributed by atoms with E-state index in [1.807, 2.05) is 48.5 Å². The zero-order valence-corrected chi connectivity index (χ0v) is 20.2. The van der Waals surface area contributed by atoms with Gasteiger partial charge in [-0.1, -0.05) is 61.0 Å². The molecule has 6 nitrogen and oxygen atoms in total. The van der Waals surface area contributed by atoms with Crippen molar-refractivity contribution >= 4 is 23.0 Å². The van der Waals surface area contributed by atoms with Crippen LogP contribution in [-0.2, 0) is 11.3 Å². The van der Waals surface area contributed by atoms with Crippen molar-refractivity contribution in [2.24, 2.45) is 4.99 Å². The number of carbonyl (C=O) groups excluding carboxylic acids is 1. The van der Waals surface area contributed by atoms with Gasteiger partial charge in [0.2, 0.25) is 5.91 Å². The molecule has 0 bridgehead atoms. The van der Waals surface area contributed by atoms with Crippen LogP contribution in [0.1, 0.15) is 41.9 Å². The molecule has 1 fully saturated rings. The van der Waals surface area contributed by atoms with Crippen LogP contribution in [0.2, 0.25) is 0 Å². The minimum Gasteiger partial charge on any atom is -0.345 e. The smallest absolute Gasteiger partial charge is 0.238 e. The quantitative estimate of drug-likeness (QED) is 0.340. The minimum absolute atomic E-state index is 0.0403. The molecule has 2 aliphatic heterocycles. The lowest BCUT2D eigenvalue weighted by molar-refractivity contribution is -0.115. The van der Waals surface area contributed by atoms with E-state index in [0.29, 0.717) is 0 Å². The van der Waals surface area contributed by atoms with Crippen molar-refractivity contribution in [2.75, 3.05) is 18.4 Å². The first-order valence-corrected chi connectivity index (χ1v) is 12.6. The number of anilines is 1. The van der Waals surface area contributed by atoms with Crippen LogP contribution in [0, 0.1) is 0 Å². The lowest BCUT2D eigenvalue weighted by atomic mass is 9.90. The first-order chi connectivity index (χ1) is 17.7. The van der Waals surface area contributed by atoms with E-state index in [-0.39, 0.29) is 5.91 Å². The highest BCUT2D eigenvalue weighted by molar-refractivity contribution is 6.24. The van der Waals surface area contributed by atoms with Gasteiger partial charge in [0.15, 0.2) is 0 Å². The molecule has 3 aromatic carbocycles. The molecule has 2 aliphatic rings. The number of amides is 1. The van der Waals surface area contributed by atoms with Crippen LogP contribution in [0.15, 0.2) is 90.3 Å². The van der Waals surface area contributed by atoms with E-state index in [4.69, 9.17) is 4.99 Å². The molecule has 1 atom stereocenters. The topological polar surface area (TPSA) is 73.4 Å². The fourth-order valence-electron chi connectivity index (χ4n) is 5.20. The summed E-state index contributed by atoms with van der Waals surface area (Å²) in [7, 11) is 0. The van der Waals surface area contributed by atoms with Gasteiger partial charge >= 0.3 is 0 Å². The Kier molecular flexibility index (Phi) is 6.18. The summed E-state index contributed by atoms with van der Waals surface area (Å²) < 4.78 is 0. The molecule has 0 radical (unpaired) electrons. The summed E-state index contributed by atoms with van der Waals surface area (Å²) >= 11 is 0. The number of nitrogens with zero attached hydrogens (tertiary/aromatic N) is 3. The van der Waals surface area contributed by atoms with Crippen molar-refractivity contribution < 1.29 is 4.79 Å². The van der Waals surface area contributed by atoms with Crippen molar-refractivity contribution in [2.45, 2.75) is 31.7 Å². The van der Waals surface area contributed by atoms with Crippen LogP contribution < -0.4 is 5.32 Å². The zero-order valence-electron chi connectivity index (χ0n) is 20.2. The Morgan fingerprint density at radius 2 is 1.72 bits per heavy atom. The Bertz CT molecular complexity index is 1370. The lowest BCUT2D eigenvalue weighted by Gasteiger charge is -2.26. The number of likely N-dealkylation sites (tertiary alicyclic amines) is 1. The summed E-state index contributed by atoms with van der Waals surface area (Å²) in [5, 5.41) is 3.04. The van der Waals surface area contributed by atoms with Crippen LogP contribution in [0.3, 0.4) is 0 Å². The van der Waals surface area contributed by atoms with E-state index in [1.165, 1.54) is 37.9 Å². The van der Waals surface area contributed by atoms with Gasteiger partial charge in [-0.15, -0.1) is 0 Å². The van der Waals surface area contributed by atoms with Gasteiger partial charge in [0.25, 0.3) is 0 Å². The Morgan fingerprint density at radius 3 is 2.47 bits per heavy atom. The van der Waals surface area contributed by atoms with Crippen LogP contribution >= 0.6 is 0 Å². The average Bonchev–Trinajstić information content (AvgIpc) is 3.57. The van der Waals surface area contributed by atoms with Gasteiger partial charge in [0, 0.05) is 12.2 Å². The molecule has 1 saturated heterocycles. The number of nitrogens with one attached hydrogen (secondary N) is 2. The van der Waals surface area contributed by atoms with Crippen molar-refractivity contribution in [1.82, 2.24) is 14.9 Å². The molecule has 1 amide bonds. The second kappa shape index (κ2) is 9.91. The second-order valence-electron chi connectivity index (χ2n) is 9.55. The number of aromatic amines is 1. The number of para-hydroxylation sites is 1. The first-order valence-electron chi connectivity index (χ1n) is 12.6. The van der Waals surface area contributed by atoms with Gasteiger partial charge in [0.05, 0.1) is 29.6 Å². The molecule has 6 heteroatoms. The normalized spacial score (nSPS) is 18.2. The molecule has 36 heavy (non-hydrogen) atoms. The molecule has 6 rings (SSSR count). The summed E-state index contributed by atoms with van der Waals surface area (Å²) in [4.78, 5) is 28.0. The maximum absolute atomic E-state index is 13.2. The Hall–Kier alpha value is -4.03. The number of piperidine rings is 1. The highest BCUT2D eigenvalue weighted by Crippen LogP contribution is 2.36. The lowest BCUT2D eigenvalue weighted by Crippen LogP contribution is -2.29. The molecule has 1 aromatic heterocycles. The minimum atomic E-state index is -0.457. The van der Waals surface area contributed by atoms with E-state index in [0.717, 1.165) is 46.0 Å². The number of fused-ring (bicyclic) bond motifs is 1. The molecule has 2 N–H and O–H groups in total. The molecule has 0 saturated carbocycles. The Labute approximate surface area is 211 Å². The maximum atomic E-state index is 13.2. The third kappa shape index (κ3) is 4.60. The van der Waals surface area contributed by atoms with E-state index < -0.39 is 5.92 Å². The maximum Gasteiger partial charge on any atom is 0.238 e. The first kappa shape index (κ1) is 22.4. The largest absolute Gasteiger partial charge is 0.345 e. The third-order valence-corrected chi connectivity index (χ3v) is 7.10. The molecular formula is C30H29N5O. The predicted molar refractivity (Wildman–Crippen MR) is 144 cm³/mol. The van der Waals surface area contributed by atoms with Crippen molar-refractivity contribution in [3.63, 3.8) is 0 Å². The monoisotopic (exact) mass is 475 g/mol. The van der Waals surface area contributed by atoms with E-state index >= 15 is 0 Å². The van der Waals surface area contributed by atoms with Crippen LogP contribution in [0.5, 0.6) is 0 Å².